The van der Waals surface area contributed by atoms with E-state index in [4.69, 9.17) is 24.1 Å². The smallest absolute Gasteiger partial charge is 0.249 e. The first-order chi connectivity index (χ1) is 15.3. The third-order valence-corrected chi connectivity index (χ3v) is 5.27. The lowest BCUT2D eigenvalue weighted by molar-refractivity contribution is -0.272. The van der Waals surface area contributed by atoms with Gasteiger partial charge in [0.25, 0.3) is 0 Å². The van der Waals surface area contributed by atoms with E-state index in [0.717, 1.165) is 0 Å². The molecule has 8 atom stereocenters. The minimum absolute atomic E-state index is 0.0253. The zero-order valence-electron chi connectivity index (χ0n) is 18.0. The van der Waals surface area contributed by atoms with E-state index < -0.39 is 61.5 Å². The van der Waals surface area contributed by atoms with Crippen molar-refractivity contribution < 1.29 is 54.1 Å². The van der Waals surface area contributed by atoms with Gasteiger partial charge in [0.1, 0.15) is 36.6 Å². The quantitative estimate of drug-likeness (QED) is 0.146. The van der Waals surface area contributed by atoms with Crippen molar-refractivity contribution in [1.29, 1.82) is 0 Å². The Hall–Kier alpha value is -1.42. The zero-order valence-corrected chi connectivity index (χ0v) is 18.0. The summed E-state index contributed by atoms with van der Waals surface area (Å²) in [6.45, 7) is 0.865. The average Bonchev–Trinajstić information content (AvgIpc) is 2.77. The summed E-state index contributed by atoms with van der Waals surface area (Å²) in [7, 11) is 0. The molecule has 0 bridgehead atoms. The summed E-state index contributed by atoms with van der Waals surface area (Å²) >= 11 is 0. The molecule has 0 aromatic rings. The molecule has 0 radical (unpaired) electrons. The molecule has 13 nitrogen and oxygen atoms in total. The molecule has 0 aliphatic carbocycles. The van der Waals surface area contributed by atoms with Gasteiger partial charge >= 0.3 is 0 Å². The number of rotatable bonds is 11. The van der Waals surface area contributed by atoms with Crippen LogP contribution in [0.15, 0.2) is 0 Å². The van der Waals surface area contributed by atoms with Crippen LogP contribution in [0, 0.1) is 0 Å². The van der Waals surface area contributed by atoms with Crippen molar-refractivity contribution >= 4 is 11.8 Å². The van der Waals surface area contributed by atoms with E-state index in [-0.39, 0.29) is 38.9 Å². The maximum Gasteiger partial charge on any atom is 0.249 e. The monoisotopic (exact) mass is 466 g/mol. The molecule has 13 heteroatoms. The summed E-state index contributed by atoms with van der Waals surface area (Å²) in [4.78, 5) is 23.5. The Bertz CT molecular complexity index is 596. The first kappa shape index (κ1) is 26.8. The summed E-state index contributed by atoms with van der Waals surface area (Å²) < 4.78 is 21.7. The molecule has 0 saturated carbocycles. The van der Waals surface area contributed by atoms with Gasteiger partial charge in [0.15, 0.2) is 6.29 Å². The fourth-order valence-electron chi connectivity index (χ4n) is 3.53. The summed E-state index contributed by atoms with van der Waals surface area (Å²) in [5, 5.41) is 53.3. The third kappa shape index (κ3) is 7.57. The van der Waals surface area contributed by atoms with Gasteiger partial charge in [0, 0.05) is 13.5 Å². The first-order valence-electron chi connectivity index (χ1n) is 10.6. The van der Waals surface area contributed by atoms with Gasteiger partial charge in [-0.25, -0.2) is 0 Å². The minimum atomic E-state index is -1.39. The zero-order chi connectivity index (χ0) is 23.7. The lowest BCUT2D eigenvalue weighted by Gasteiger charge is -2.42. The second-order valence-corrected chi connectivity index (χ2v) is 7.70. The first-order valence-corrected chi connectivity index (χ1v) is 10.6. The van der Waals surface area contributed by atoms with Gasteiger partial charge < -0.3 is 55.1 Å². The summed E-state index contributed by atoms with van der Waals surface area (Å²) in [5.74, 6) is -0.804. The highest BCUT2D eigenvalue weighted by Gasteiger charge is 2.45. The Kier molecular flexibility index (Phi) is 11.2. The molecule has 2 saturated heterocycles. The van der Waals surface area contributed by atoms with Crippen LogP contribution in [0.5, 0.6) is 0 Å². The van der Waals surface area contributed by atoms with E-state index in [2.05, 4.69) is 10.6 Å². The minimum Gasteiger partial charge on any atom is -0.394 e. The van der Waals surface area contributed by atoms with Crippen molar-refractivity contribution in [3.8, 4) is 0 Å². The van der Waals surface area contributed by atoms with Crippen LogP contribution in [0.1, 0.15) is 19.8 Å². The molecule has 32 heavy (non-hydrogen) atoms. The number of aliphatic hydroxyl groups excluding tert-OH is 5. The van der Waals surface area contributed by atoms with Crippen LogP contribution in [0.25, 0.3) is 0 Å². The van der Waals surface area contributed by atoms with Crippen LogP contribution in [-0.4, -0.2) is 126 Å². The highest BCUT2D eigenvalue weighted by Crippen LogP contribution is 2.22. The molecule has 2 heterocycles. The molecule has 0 spiro atoms. The maximum absolute atomic E-state index is 12.1. The molecule has 2 aliphatic heterocycles. The SMILES string of the molecule is CC(=O)NC1C(OCCOCCNC(=O)C2CCC(O)C(CO)O2)OC(CO)C(O)C1O. The number of hydrogen-bond donors (Lipinski definition) is 7. The van der Waals surface area contributed by atoms with E-state index in [1.165, 1.54) is 6.92 Å². The molecule has 2 rings (SSSR count). The third-order valence-electron chi connectivity index (χ3n) is 5.27. The number of carbonyl (C=O) groups is 2. The Morgan fingerprint density at radius 3 is 2.34 bits per heavy atom. The fourth-order valence-corrected chi connectivity index (χ4v) is 3.53. The van der Waals surface area contributed by atoms with E-state index in [0.29, 0.717) is 12.8 Å². The topological polar surface area (TPSA) is 196 Å². The second kappa shape index (κ2) is 13.3. The number of aliphatic hydroxyl groups is 5. The Balaban J connectivity index is 1.65. The van der Waals surface area contributed by atoms with E-state index in [1.54, 1.807) is 0 Å². The van der Waals surface area contributed by atoms with Gasteiger partial charge in [-0.2, -0.15) is 0 Å². The van der Waals surface area contributed by atoms with Crippen LogP contribution in [0.2, 0.25) is 0 Å². The molecule has 0 aromatic carbocycles. The standard InChI is InChI=1S/C19H34N2O11/c1-10(24)21-15-17(27)16(26)14(9-23)32-19(15)30-7-6-29-5-4-20-18(28)12-3-2-11(25)13(8-22)31-12/h11-17,19,22-23,25-27H,2-9H2,1H3,(H,20,28)(H,21,24). The van der Waals surface area contributed by atoms with Crippen LogP contribution in [0.3, 0.4) is 0 Å². The molecule has 2 fully saturated rings. The normalized spacial score (nSPS) is 35.3. The van der Waals surface area contributed by atoms with Crippen molar-refractivity contribution in [2.45, 2.75) is 68.7 Å². The van der Waals surface area contributed by atoms with Gasteiger partial charge in [-0.05, 0) is 12.8 Å². The van der Waals surface area contributed by atoms with Crippen LogP contribution < -0.4 is 10.6 Å². The fraction of sp³-hybridized carbons (Fsp3) is 0.895. The lowest BCUT2D eigenvalue weighted by Crippen LogP contribution is -2.64. The molecule has 2 aliphatic rings. The maximum atomic E-state index is 12.1. The van der Waals surface area contributed by atoms with E-state index in [9.17, 15) is 30.0 Å². The molecular weight excluding hydrogens is 432 g/mol. The molecule has 7 N–H and O–H groups in total. The Morgan fingerprint density at radius 1 is 0.969 bits per heavy atom. The summed E-state index contributed by atoms with van der Waals surface area (Å²) in [6, 6.07) is -1.03. The molecule has 8 unspecified atom stereocenters. The van der Waals surface area contributed by atoms with Gasteiger partial charge in [-0.1, -0.05) is 0 Å². The van der Waals surface area contributed by atoms with Crippen molar-refractivity contribution in [2.24, 2.45) is 0 Å². The number of nitrogens with one attached hydrogen (secondary N) is 2. The van der Waals surface area contributed by atoms with Crippen molar-refractivity contribution in [2.75, 3.05) is 39.6 Å². The summed E-state index contributed by atoms with van der Waals surface area (Å²) in [5.41, 5.74) is 0. The predicted molar refractivity (Wildman–Crippen MR) is 106 cm³/mol. The van der Waals surface area contributed by atoms with Crippen molar-refractivity contribution in [3.63, 3.8) is 0 Å². The van der Waals surface area contributed by atoms with Gasteiger partial charge in [0.05, 0.1) is 39.1 Å². The van der Waals surface area contributed by atoms with Gasteiger partial charge in [-0.15, -0.1) is 0 Å². The second-order valence-electron chi connectivity index (χ2n) is 7.70. The van der Waals surface area contributed by atoms with E-state index >= 15 is 0 Å². The molecule has 0 aromatic heterocycles. The largest absolute Gasteiger partial charge is 0.394 e. The summed E-state index contributed by atoms with van der Waals surface area (Å²) in [6.07, 6.45) is -6.54. The van der Waals surface area contributed by atoms with Crippen molar-refractivity contribution in [3.05, 3.63) is 0 Å². The highest BCUT2D eigenvalue weighted by molar-refractivity contribution is 5.80. The Labute approximate surface area is 185 Å². The number of carbonyl (C=O) groups excluding carboxylic acids is 2. The van der Waals surface area contributed by atoms with E-state index in [1.807, 2.05) is 0 Å². The molecular formula is C19H34N2O11. The van der Waals surface area contributed by atoms with Crippen LogP contribution in [0.4, 0.5) is 0 Å². The van der Waals surface area contributed by atoms with Crippen molar-refractivity contribution in [1.82, 2.24) is 10.6 Å². The number of hydrogen-bond acceptors (Lipinski definition) is 11. The number of amides is 2. The average molecular weight is 466 g/mol. The lowest BCUT2D eigenvalue weighted by atomic mass is 9.97. The number of ether oxygens (including phenoxy) is 4. The molecule has 186 valence electrons. The predicted octanol–water partition coefficient (Wildman–Crippen LogP) is -4.02. The van der Waals surface area contributed by atoms with Crippen LogP contribution in [-0.2, 0) is 28.5 Å². The van der Waals surface area contributed by atoms with Gasteiger partial charge in [0.2, 0.25) is 11.8 Å². The van der Waals surface area contributed by atoms with Gasteiger partial charge in [-0.3, -0.25) is 9.59 Å². The highest BCUT2D eigenvalue weighted by atomic mass is 16.7. The Morgan fingerprint density at radius 2 is 1.69 bits per heavy atom. The molecule has 2 amide bonds. The van der Waals surface area contributed by atoms with Crippen LogP contribution >= 0.6 is 0 Å².